The van der Waals surface area contributed by atoms with Crippen LogP contribution in [0.5, 0.6) is 5.75 Å². The second-order valence-corrected chi connectivity index (χ2v) is 10.0. The fraction of sp³-hybridized carbons (Fsp3) is 0.480. The Morgan fingerprint density at radius 2 is 1.94 bits per heavy atom. The summed E-state index contributed by atoms with van der Waals surface area (Å²) in [5.74, 6) is -6.45. The molecular formula is C25H29N3O7. The molecule has 1 heterocycles. The molecule has 0 radical (unpaired) electrons. The van der Waals surface area contributed by atoms with E-state index in [2.05, 4.69) is 10.2 Å². The van der Waals surface area contributed by atoms with E-state index in [4.69, 9.17) is 5.73 Å². The SMILES string of the molecule is CN[C@@H]1C(O)=C(C(N)=O)C(=O)[C@@]2(O)C(O)=C3C(=O)c4c(O)cc(C5CCCN5C)cc4C[C@H]3C[C@@H]12. The molecule has 10 nitrogen and oxygen atoms in total. The summed E-state index contributed by atoms with van der Waals surface area (Å²) in [4.78, 5) is 40.8. The van der Waals surface area contributed by atoms with E-state index in [1.807, 2.05) is 13.1 Å². The molecule has 4 aliphatic rings. The van der Waals surface area contributed by atoms with Crippen LogP contribution in [0.4, 0.5) is 0 Å². The molecule has 10 heteroatoms. The van der Waals surface area contributed by atoms with Crippen molar-refractivity contribution in [3.63, 3.8) is 0 Å². The number of likely N-dealkylation sites (N-methyl/N-ethyl adjacent to an activating group) is 1. The highest BCUT2D eigenvalue weighted by molar-refractivity contribution is 6.24. The molecule has 1 aliphatic heterocycles. The molecule has 5 atom stereocenters. The molecule has 1 fully saturated rings. The number of aromatic hydroxyl groups is 1. The van der Waals surface area contributed by atoms with Gasteiger partial charge in [0.1, 0.15) is 22.8 Å². The number of benzene rings is 1. The van der Waals surface area contributed by atoms with Crippen LogP contribution >= 0.6 is 0 Å². The van der Waals surface area contributed by atoms with Crippen molar-refractivity contribution in [2.75, 3.05) is 20.6 Å². The lowest BCUT2D eigenvalue weighted by molar-refractivity contribution is -0.146. The number of amides is 1. The van der Waals surface area contributed by atoms with Crippen molar-refractivity contribution in [2.45, 2.75) is 43.4 Å². The lowest BCUT2D eigenvalue weighted by Crippen LogP contribution is -2.63. The van der Waals surface area contributed by atoms with E-state index < -0.39 is 58.0 Å². The summed E-state index contributed by atoms with van der Waals surface area (Å²) in [6.07, 6.45) is 2.34. The van der Waals surface area contributed by atoms with Crippen LogP contribution in [-0.2, 0) is 16.0 Å². The Morgan fingerprint density at radius 3 is 2.54 bits per heavy atom. The van der Waals surface area contributed by atoms with Gasteiger partial charge in [-0.25, -0.2) is 0 Å². The fourth-order valence-corrected chi connectivity index (χ4v) is 6.59. The molecule has 1 aromatic rings. The predicted molar refractivity (Wildman–Crippen MR) is 124 cm³/mol. The predicted octanol–water partition coefficient (Wildman–Crippen LogP) is 0.545. The number of nitrogens with two attached hydrogens (primary N) is 1. The average Bonchev–Trinajstić information content (AvgIpc) is 3.22. The molecule has 0 spiro atoms. The summed E-state index contributed by atoms with van der Waals surface area (Å²) in [7, 11) is 3.49. The van der Waals surface area contributed by atoms with E-state index in [1.54, 1.807) is 6.07 Å². The van der Waals surface area contributed by atoms with Gasteiger partial charge in [0, 0.05) is 17.5 Å². The maximum atomic E-state index is 13.6. The van der Waals surface area contributed by atoms with E-state index in [0.29, 0.717) is 12.0 Å². The highest BCUT2D eigenvalue weighted by Gasteiger charge is 2.62. The third-order valence-corrected chi connectivity index (χ3v) is 8.25. The quantitative estimate of drug-likeness (QED) is 0.336. The van der Waals surface area contributed by atoms with Gasteiger partial charge in [-0.3, -0.25) is 19.3 Å². The highest BCUT2D eigenvalue weighted by atomic mass is 16.3. The number of primary amides is 1. The van der Waals surface area contributed by atoms with Crippen LogP contribution in [-0.4, -0.2) is 75.1 Å². The van der Waals surface area contributed by atoms with Crippen molar-refractivity contribution < 1.29 is 34.8 Å². The summed E-state index contributed by atoms with van der Waals surface area (Å²) in [5, 5.41) is 46.9. The van der Waals surface area contributed by atoms with Gasteiger partial charge in [-0.1, -0.05) is 6.07 Å². The Labute approximate surface area is 201 Å². The van der Waals surface area contributed by atoms with Crippen molar-refractivity contribution in [3.05, 3.63) is 51.5 Å². The minimum absolute atomic E-state index is 0.0381. The van der Waals surface area contributed by atoms with E-state index in [-0.39, 0.29) is 29.3 Å². The molecule has 186 valence electrons. The molecule has 3 aliphatic carbocycles. The second kappa shape index (κ2) is 7.91. The molecule has 5 rings (SSSR count). The van der Waals surface area contributed by atoms with E-state index in [1.165, 1.54) is 7.05 Å². The zero-order valence-electron chi connectivity index (χ0n) is 19.5. The van der Waals surface area contributed by atoms with Crippen LogP contribution in [0, 0.1) is 11.8 Å². The summed E-state index contributed by atoms with van der Waals surface area (Å²) in [6, 6.07) is 2.56. The first-order valence-electron chi connectivity index (χ1n) is 11.7. The van der Waals surface area contributed by atoms with Crippen LogP contribution in [0.15, 0.2) is 34.8 Å². The van der Waals surface area contributed by atoms with Gasteiger partial charge in [-0.05, 0) is 69.4 Å². The fourth-order valence-electron chi connectivity index (χ4n) is 6.59. The molecule has 0 bridgehead atoms. The molecule has 1 saturated heterocycles. The van der Waals surface area contributed by atoms with Gasteiger partial charge in [0.15, 0.2) is 11.4 Å². The molecule has 0 aromatic heterocycles. The minimum atomic E-state index is -2.62. The van der Waals surface area contributed by atoms with Crippen LogP contribution in [0.3, 0.4) is 0 Å². The Bertz CT molecular complexity index is 1240. The van der Waals surface area contributed by atoms with Gasteiger partial charge in [-0.15, -0.1) is 0 Å². The summed E-state index contributed by atoms with van der Waals surface area (Å²) < 4.78 is 0. The maximum Gasteiger partial charge on any atom is 0.255 e. The standard InChI is InChI=1S/C25H29N3O7/c1-27-19-13-8-12-7-11-6-10(14-4-3-5-28(14)2)9-15(29)16(11)20(30)17(12)22(32)25(13,35)23(33)18(21(19)31)24(26)34/h6,9,12-14,19,27,29,31-32,35H,3-5,7-8H2,1-2H3,(H2,26,34)/t12-,13-,14?,19-,25-/m0/s1. The smallest absolute Gasteiger partial charge is 0.255 e. The molecular weight excluding hydrogens is 454 g/mol. The first-order valence-corrected chi connectivity index (χ1v) is 11.7. The number of fused-ring (bicyclic) bond motifs is 3. The van der Waals surface area contributed by atoms with Crippen molar-refractivity contribution >= 4 is 17.5 Å². The number of likely N-dealkylation sites (tertiary alicyclic amines) is 1. The number of nitrogens with one attached hydrogen (secondary N) is 1. The summed E-state index contributed by atoms with van der Waals surface area (Å²) in [6.45, 7) is 0.939. The van der Waals surface area contributed by atoms with Gasteiger partial charge in [0.2, 0.25) is 5.78 Å². The van der Waals surface area contributed by atoms with Crippen molar-refractivity contribution in [2.24, 2.45) is 17.6 Å². The number of rotatable bonds is 3. The van der Waals surface area contributed by atoms with Gasteiger partial charge >= 0.3 is 0 Å². The maximum absolute atomic E-state index is 13.6. The average molecular weight is 484 g/mol. The summed E-state index contributed by atoms with van der Waals surface area (Å²) in [5.41, 5.74) is 3.28. The number of aliphatic hydroxyl groups excluding tert-OH is 2. The zero-order chi connectivity index (χ0) is 25.4. The molecule has 35 heavy (non-hydrogen) atoms. The Morgan fingerprint density at radius 1 is 1.23 bits per heavy atom. The third kappa shape index (κ3) is 3.10. The van der Waals surface area contributed by atoms with E-state index in [0.717, 1.165) is 24.9 Å². The highest BCUT2D eigenvalue weighted by Crippen LogP contribution is 2.51. The number of phenols is 1. The third-order valence-electron chi connectivity index (χ3n) is 8.25. The molecule has 7 N–H and O–H groups in total. The van der Waals surface area contributed by atoms with Gasteiger partial charge < -0.3 is 31.5 Å². The Hall–Kier alpha value is -3.21. The van der Waals surface area contributed by atoms with Crippen molar-refractivity contribution in [3.8, 4) is 5.75 Å². The zero-order valence-corrected chi connectivity index (χ0v) is 19.5. The largest absolute Gasteiger partial charge is 0.510 e. The van der Waals surface area contributed by atoms with Crippen LogP contribution in [0.1, 0.15) is 46.8 Å². The number of hydrogen-bond acceptors (Lipinski definition) is 9. The van der Waals surface area contributed by atoms with Crippen molar-refractivity contribution in [1.82, 2.24) is 10.2 Å². The van der Waals surface area contributed by atoms with E-state index >= 15 is 0 Å². The van der Waals surface area contributed by atoms with Crippen LogP contribution < -0.4 is 11.1 Å². The Balaban J connectivity index is 1.64. The van der Waals surface area contributed by atoms with E-state index in [9.17, 15) is 34.8 Å². The number of allylic oxidation sites excluding steroid dienone is 1. The van der Waals surface area contributed by atoms with Crippen LogP contribution in [0.25, 0.3) is 0 Å². The lowest BCUT2D eigenvalue weighted by atomic mass is 9.59. The first-order chi connectivity index (χ1) is 16.5. The number of carbonyl (C=O) groups is 3. The summed E-state index contributed by atoms with van der Waals surface area (Å²) >= 11 is 0. The number of aliphatic hydroxyl groups is 3. The lowest BCUT2D eigenvalue weighted by Gasteiger charge is -2.48. The van der Waals surface area contributed by atoms with Gasteiger partial charge in [0.25, 0.3) is 5.91 Å². The molecule has 1 aromatic carbocycles. The van der Waals surface area contributed by atoms with Crippen LogP contribution in [0.2, 0.25) is 0 Å². The molecule has 1 amide bonds. The normalized spacial score (nSPS) is 33.0. The molecule has 0 saturated carbocycles. The monoisotopic (exact) mass is 483 g/mol. The first kappa shape index (κ1) is 23.5. The van der Waals surface area contributed by atoms with Gasteiger partial charge in [0.05, 0.1) is 11.6 Å². The number of Topliss-reactive ketones (excluding diaryl/α,β-unsaturated/α-hetero) is 2. The molecule has 1 unspecified atom stereocenters. The number of carbonyl (C=O) groups excluding carboxylic acids is 3. The number of phenolic OH excluding ortho intramolecular Hbond substituents is 1. The minimum Gasteiger partial charge on any atom is -0.510 e. The number of nitrogens with zero attached hydrogens (tertiary/aromatic N) is 1. The van der Waals surface area contributed by atoms with Crippen molar-refractivity contribution in [1.29, 1.82) is 0 Å². The van der Waals surface area contributed by atoms with Gasteiger partial charge in [-0.2, -0.15) is 0 Å². The number of hydrogen-bond donors (Lipinski definition) is 6. The topological polar surface area (TPSA) is 173 Å². The number of ketones is 2. The second-order valence-electron chi connectivity index (χ2n) is 10.0. The Kier molecular flexibility index (Phi) is 5.31.